The van der Waals surface area contributed by atoms with Crippen molar-refractivity contribution in [1.82, 2.24) is 0 Å². The lowest BCUT2D eigenvalue weighted by Crippen LogP contribution is -2.30. The lowest BCUT2D eigenvalue weighted by molar-refractivity contribution is 0.630. The molecule has 2 aliphatic heterocycles. The molecule has 8 aromatic carbocycles. The van der Waals surface area contributed by atoms with Crippen molar-refractivity contribution in [2.45, 2.75) is 38.5 Å². The van der Waals surface area contributed by atoms with Crippen molar-refractivity contribution in [3.8, 4) is 0 Å². The molecule has 0 radical (unpaired) electrons. The quantitative estimate of drug-likeness (QED) is 0.178. The van der Waals surface area contributed by atoms with E-state index < -0.39 is 0 Å². The summed E-state index contributed by atoms with van der Waals surface area (Å²) in [5.41, 5.74) is 15.1. The van der Waals surface area contributed by atoms with Gasteiger partial charge < -0.3 is 18.6 Å². The SMILES string of the molecule is CC1(C)c2ccccc2N(c2ccc3c(c2)oc2c4oc5cc(N6c7ccccc7C(C)(C)c7ccccc76)ccc5c4c4ccccc4c32)c2ccccc21. The lowest BCUT2D eigenvalue weighted by atomic mass is 9.73. The first-order chi connectivity index (χ1) is 27.3. The number of anilines is 6. The van der Waals surface area contributed by atoms with Crippen LogP contribution in [0.15, 0.2) is 167 Å². The predicted octanol–water partition coefficient (Wildman–Crippen LogP) is 14.9. The highest BCUT2D eigenvalue weighted by molar-refractivity contribution is 6.33. The van der Waals surface area contributed by atoms with Gasteiger partial charge in [-0.1, -0.05) is 125 Å². The van der Waals surface area contributed by atoms with Gasteiger partial charge in [0.25, 0.3) is 0 Å². The van der Waals surface area contributed by atoms with E-state index in [9.17, 15) is 0 Å². The number of benzene rings is 8. The second-order valence-electron chi connectivity index (χ2n) is 16.5. The van der Waals surface area contributed by atoms with E-state index in [-0.39, 0.29) is 10.8 Å². The topological polar surface area (TPSA) is 32.8 Å². The maximum atomic E-state index is 6.98. The van der Waals surface area contributed by atoms with Crippen molar-refractivity contribution in [3.63, 3.8) is 0 Å². The van der Waals surface area contributed by atoms with Crippen LogP contribution in [0.25, 0.3) is 54.6 Å². The molecular weight excluding hydrogens is 685 g/mol. The van der Waals surface area contributed by atoms with Gasteiger partial charge >= 0.3 is 0 Å². The van der Waals surface area contributed by atoms with Gasteiger partial charge in [-0.05, 0) is 81.6 Å². The molecule has 10 aromatic rings. The van der Waals surface area contributed by atoms with E-state index in [1.165, 1.54) is 45.0 Å². The van der Waals surface area contributed by atoms with E-state index in [0.717, 1.165) is 66.0 Å². The van der Waals surface area contributed by atoms with Gasteiger partial charge in [0.1, 0.15) is 11.2 Å². The Kier molecular flexibility index (Phi) is 6.15. The summed E-state index contributed by atoms with van der Waals surface area (Å²) in [6.45, 7) is 9.29. The van der Waals surface area contributed by atoms with Crippen molar-refractivity contribution >= 4 is 88.8 Å². The van der Waals surface area contributed by atoms with Crippen LogP contribution < -0.4 is 9.80 Å². The molecule has 12 rings (SSSR count). The number of para-hydroxylation sites is 4. The zero-order chi connectivity index (χ0) is 37.5. The van der Waals surface area contributed by atoms with E-state index in [4.69, 9.17) is 8.83 Å². The Morgan fingerprint density at radius 1 is 0.357 bits per heavy atom. The minimum Gasteiger partial charge on any atom is -0.452 e. The second-order valence-corrected chi connectivity index (χ2v) is 16.5. The maximum absolute atomic E-state index is 6.98. The van der Waals surface area contributed by atoms with Crippen LogP contribution in [-0.4, -0.2) is 0 Å². The fraction of sp³-hybridized carbons (Fsp3) is 0.115. The van der Waals surface area contributed by atoms with Gasteiger partial charge in [0.05, 0.1) is 22.7 Å². The van der Waals surface area contributed by atoms with Gasteiger partial charge in [-0.2, -0.15) is 0 Å². The Morgan fingerprint density at radius 3 is 1.04 bits per heavy atom. The molecule has 2 aromatic heterocycles. The fourth-order valence-electron chi connectivity index (χ4n) is 10.1. The van der Waals surface area contributed by atoms with Crippen LogP contribution in [0.2, 0.25) is 0 Å². The van der Waals surface area contributed by atoms with Gasteiger partial charge in [0.2, 0.25) is 0 Å². The summed E-state index contributed by atoms with van der Waals surface area (Å²) in [6.07, 6.45) is 0. The van der Waals surface area contributed by atoms with Crippen LogP contribution in [0.3, 0.4) is 0 Å². The molecule has 0 atom stereocenters. The first-order valence-electron chi connectivity index (χ1n) is 19.5. The molecular formula is C52H38N2O2. The highest BCUT2D eigenvalue weighted by Gasteiger charge is 2.38. The molecule has 0 saturated carbocycles. The molecule has 0 unspecified atom stereocenters. The molecule has 268 valence electrons. The number of fused-ring (bicyclic) bond motifs is 14. The summed E-state index contributed by atoms with van der Waals surface area (Å²) >= 11 is 0. The normalized spacial score (nSPS) is 15.4. The van der Waals surface area contributed by atoms with Crippen molar-refractivity contribution in [1.29, 1.82) is 0 Å². The van der Waals surface area contributed by atoms with Crippen LogP contribution >= 0.6 is 0 Å². The van der Waals surface area contributed by atoms with E-state index in [0.29, 0.717) is 0 Å². The summed E-state index contributed by atoms with van der Waals surface area (Å²) in [4.78, 5) is 4.77. The Labute approximate surface area is 324 Å². The number of hydrogen-bond donors (Lipinski definition) is 0. The van der Waals surface area contributed by atoms with Gasteiger partial charge in [-0.3, -0.25) is 0 Å². The molecule has 4 heteroatoms. The Hall–Kier alpha value is -6.78. The van der Waals surface area contributed by atoms with Crippen LogP contribution in [0.4, 0.5) is 34.1 Å². The summed E-state index contributed by atoms with van der Waals surface area (Å²) < 4.78 is 14.0. The minimum atomic E-state index is -0.129. The lowest BCUT2D eigenvalue weighted by Gasteiger charge is -2.42. The molecule has 0 saturated heterocycles. The first kappa shape index (κ1) is 31.6. The van der Waals surface area contributed by atoms with Crippen molar-refractivity contribution in [2.24, 2.45) is 0 Å². The molecule has 0 aliphatic carbocycles. The molecule has 0 bridgehead atoms. The molecule has 4 nitrogen and oxygen atoms in total. The summed E-state index contributed by atoms with van der Waals surface area (Å²) in [7, 11) is 0. The van der Waals surface area contributed by atoms with Gasteiger partial charge in [0.15, 0.2) is 11.2 Å². The van der Waals surface area contributed by atoms with Crippen LogP contribution in [0, 0.1) is 0 Å². The molecule has 4 heterocycles. The Balaban J connectivity index is 1.08. The van der Waals surface area contributed by atoms with Gasteiger partial charge in [0, 0.05) is 55.9 Å². The highest BCUT2D eigenvalue weighted by Crippen LogP contribution is 2.54. The molecule has 0 amide bonds. The van der Waals surface area contributed by atoms with E-state index in [1.807, 2.05) is 0 Å². The number of rotatable bonds is 2. The van der Waals surface area contributed by atoms with Crippen molar-refractivity contribution in [3.05, 3.63) is 180 Å². The standard InChI is InChI=1S/C52H38N2O2/c1-51(2)37-17-7-11-21-41(37)53(42-22-12-8-18-38(42)51)31-25-27-35-45(29-31)55-49-47(35)33-15-5-6-16-34(33)48-36-28-26-32(30-46(36)56-50(48)49)54-43-23-13-9-19-39(43)52(3,4)40-20-10-14-24-44(40)54/h5-30H,1-4H3. The van der Waals surface area contributed by atoms with Gasteiger partial charge in [-0.15, -0.1) is 0 Å². The summed E-state index contributed by atoms with van der Waals surface area (Å²) in [5, 5.41) is 6.62. The third-order valence-electron chi connectivity index (χ3n) is 12.8. The minimum absolute atomic E-state index is 0.129. The third-order valence-corrected chi connectivity index (χ3v) is 12.8. The van der Waals surface area contributed by atoms with Crippen LogP contribution in [-0.2, 0) is 10.8 Å². The predicted molar refractivity (Wildman–Crippen MR) is 232 cm³/mol. The molecule has 2 aliphatic rings. The average molecular weight is 723 g/mol. The average Bonchev–Trinajstić information content (AvgIpc) is 3.80. The third kappa shape index (κ3) is 4.03. The zero-order valence-corrected chi connectivity index (χ0v) is 31.7. The molecule has 0 spiro atoms. The Morgan fingerprint density at radius 2 is 0.679 bits per heavy atom. The van der Waals surface area contributed by atoms with Gasteiger partial charge in [-0.25, -0.2) is 0 Å². The number of hydrogen-bond acceptors (Lipinski definition) is 4. The zero-order valence-electron chi connectivity index (χ0n) is 31.7. The smallest absolute Gasteiger partial charge is 0.179 e. The van der Waals surface area contributed by atoms with Crippen molar-refractivity contribution < 1.29 is 8.83 Å². The fourth-order valence-corrected chi connectivity index (χ4v) is 10.1. The monoisotopic (exact) mass is 722 g/mol. The summed E-state index contributed by atoms with van der Waals surface area (Å²) in [5.74, 6) is 0. The van der Waals surface area contributed by atoms with Crippen LogP contribution in [0.5, 0.6) is 0 Å². The van der Waals surface area contributed by atoms with E-state index in [1.54, 1.807) is 0 Å². The highest BCUT2D eigenvalue weighted by atomic mass is 16.4. The molecule has 0 N–H and O–H groups in total. The van der Waals surface area contributed by atoms with E-state index >= 15 is 0 Å². The van der Waals surface area contributed by atoms with Crippen molar-refractivity contribution in [2.75, 3.05) is 9.80 Å². The largest absolute Gasteiger partial charge is 0.452 e. The van der Waals surface area contributed by atoms with Crippen LogP contribution in [0.1, 0.15) is 49.9 Å². The molecule has 56 heavy (non-hydrogen) atoms. The number of nitrogens with zero attached hydrogens (tertiary/aromatic N) is 2. The maximum Gasteiger partial charge on any atom is 0.179 e. The summed E-state index contributed by atoms with van der Waals surface area (Å²) in [6, 6.07) is 57.1. The second kappa shape index (κ2) is 10.9. The van der Waals surface area contributed by atoms with E-state index in [2.05, 4.69) is 195 Å². The number of furan rings is 2. The first-order valence-corrected chi connectivity index (χ1v) is 19.5. The molecule has 0 fully saturated rings. The Bertz CT molecular complexity index is 2970.